The van der Waals surface area contributed by atoms with Crippen molar-refractivity contribution < 1.29 is 23.7 Å². The highest BCUT2D eigenvalue weighted by Gasteiger charge is 2.28. The van der Waals surface area contributed by atoms with Crippen molar-refractivity contribution in [2.45, 2.75) is 38.0 Å². The van der Waals surface area contributed by atoms with Gasteiger partial charge in [0.1, 0.15) is 11.9 Å². The molecule has 2 heterocycles. The molecule has 3 rings (SSSR count). The molecule has 0 radical (unpaired) electrons. The summed E-state index contributed by atoms with van der Waals surface area (Å²) in [4.78, 5) is 15.3. The van der Waals surface area contributed by atoms with Crippen LogP contribution >= 0.6 is 0 Å². The van der Waals surface area contributed by atoms with Crippen LogP contribution in [0, 0.1) is 0 Å². The lowest BCUT2D eigenvalue weighted by Crippen LogP contribution is -2.38. The first-order chi connectivity index (χ1) is 14.2. The van der Waals surface area contributed by atoms with Crippen LogP contribution in [0.4, 0.5) is 0 Å². The SMILES string of the molecule is COCCCOc1cc(COCC(N)C2CCC(=O)O2)ccc1-c1ccncc1. The summed E-state index contributed by atoms with van der Waals surface area (Å²) in [6.07, 6.45) is 5.16. The molecule has 0 bridgehead atoms. The molecule has 2 unspecified atom stereocenters. The van der Waals surface area contributed by atoms with Crippen LogP contribution in [-0.4, -0.2) is 50.0 Å². The van der Waals surface area contributed by atoms with E-state index in [1.54, 1.807) is 19.5 Å². The molecule has 0 amide bonds. The zero-order valence-electron chi connectivity index (χ0n) is 16.7. The number of methoxy groups -OCH3 is 1. The van der Waals surface area contributed by atoms with Gasteiger partial charge >= 0.3 is 5.97 Å². The fraction of sp³-hybridized carbons (Fsp3) is 0.455. The standard InChI is InChI=1S/C22H28N2O5/c1-26-11-2-12-28-21-13-16(3-4-18(21)17-7-9-24-10-8-17)14-27-15-19(23)20-5-6-22(25)29-20/h3-4,7-10,13,19-20H,2,5-6,11-12,14-15,23H2,1H3. The van der Waals surface area contributed by atoms with Gasteiger partial charge in [0.2, 0.25) is 0 Å². The number of pyridine rings is 1. The first-order valence-electron chi connectivity index (χ1n) is 9.85. The maximum Gasteiger partial charge on any atom is 0.306 e. The summed E-state index contributed by atoms with van der Waals surface area (Å²) in [6, 6.07) is 9.62. The fourth-order valence-corrected chi connectivity index (χ4v) is 3.20. The second-order valence-corrected chi connectivity index (χ2v) is 7.01. The second kappa shape index (κ2) is 10.9. The van der Waals surface area contributed by atoms with E-state index in [1.807, 2.05) is 30.3 Å². The Bertz CT molecular complexity index is 784. The first kappa shape index (κ1) is 21.2. The molecule has 156 valence electrons. The Labute approximate surface area is 171 Å². The quantitative estimate of drug-likeness (QED) is 0.458. The number of benzene rings is 1. The molecule has 7 nitrogen and oxygen atoms in total. The summed E-state index contributed by atoms with van der Waals surface area (Å²) < 4.78 is 22.1. The topological polar surface area (TPSA) is 92.9 Å². The van der Waals surface area contributed by atoms with Gasteiger partial charge in [-0.15, -0.1) is 0 Å². The minimum atomic E-state index is -0.317. The highest BCUT2D eigenvalue weighted by molar-refractivity contribution is 5.71. The van der Waals surface area contributed by atoms with E-state index in [0.29, 0.717) is 39.3 Å². The van der Waals surface area contributed by atoms with Gasteiger partial charge in [-0.05, 0) is 35.7 Å². The minimum absolute atomic E-state index is 0.188. The maximum atomic E-state index is 11.2. The van der Waals surface area contributed by atoms with Gasteiger partial charge in [-0.25, -0.2) is 0 Å². The van der Waals surface area contributed by atoms with Crippen molar-refractivity contribution in [3.63, 3.8) is 0 Å². The van der Waals surface area contributed by atoms with E-state index >= 15 is 0 Å². The van der Waals surface area contributed by atoms with Crippen LogP contribution in [0.1, 0.15) is 24.8 Å². The van der Waals surface area contributed by atoms with Crippen molar-refractivity contribution in [2.24, 2.45) is 5.73 Å². The smallest absolute Gasteiger partial charge is 0.306 e. The van der Waals surface area contributed by atoms with Crippen LogP contribution in [0.2, 0.25) is 0 Å². The summed E-state index contributed by atoms with van der Waals surface area (Å²) in [6.45, 7) is 1.94. The molecule has 1 aromatic heterocycles. The number of ether oxygens (including phenoxy) is 4. The van der Waals surface area contributed by atoms with Crippen molar-refractivity contribution in [1.82, 2.24) is 4.98 Å². The second-order valence-electron chi connectivity index (χ2n) is 7.01. The summed E-state index contributed by atoms with van der Waals surface area (Å²) in [5.41, 5.74) is 9.12. The van der Waals surface area contributed by atoms with Crippen LogP contribution in [-0.2, 0) is 25.6 Å². The van der Waals surface area contributed by atoms with Crippen LogP contribution < -0.4 is 10.5 Å². The van der Waals surface area contributed by atoms with Crippen molar-refractivity contribution >= 4 is 5.97 Å². The Balaban J connectivity index is 1.61. The van der Waals surface area contributed by atoms with Crippen molar-refractivity contribution in [3.8, 4) is 16.9 Å². The van der Waals surface area contributed by atoms with Gasteiger partial charge in [0.15, 0.2) is 0 Å². The van der Waals surface area contributed by atoms with Crippen LogP contribution in [0.15, 0.2) is 42.7 Å². The van der Waals surface area contributed by atoms with Crippen LogP contribution in [0.25, 0.3) is 11.1 Å². The van der Waals surface area contributed by atoms with Gasteiger partial charge in [-0.1, -0.05) is 12.1 Å². The third-order valence-electron chi connectivity index (χ3n) is 4.76. The highest BCUT2D eigenvalue weighted by atomic mass is 16.6. The summed E-state index contributed by atoms with van der Waals surface area (Å²) in [5.74, 6) is 0.606. The number of carbonyl (C=O) groups excluding carboxylic acids is 1. The van der Waals surface area contributed by atoms with E-state index in [1.165, 1.54) is 0 Å². The number of esters is 1. The molecule has 0 aliphatic carbocycles. The summed E-state index contributed by atoms with van der Waals surface area (Å²) >= 11 is 0. The van der Waals surface area contributed by atoms with E-state index in [4.69, 9.17) is 24.7 Å². The predicted octanol–water partition coefficient (Wildman–Crippen LogP) is 2.71. The number of carbonyl (C=O) groups is 1. The Kier molecular flexibility index (Phi) is 7.98. The van der Waals surface area contributed by atoms with Crippen molar-refractivity contribution in [1.29, 1.82) is 0 Å². The third-order valence-corrected chi connectivity index (χ3v) is 4.76. The Morgan fingerprint density at radius 1 is 1.24 bits per heavy atom. The zero-order chi connectivity index (χ0) is 20.5. The maximum absolute atomic E-state index is 11.2. The Morgan fingerprint density at radius 3 is 2.79 bits per heavy atom. The summed E-state index contributed by atoms with van der Waals surface area (Å²) in [7, 11) is 1.68. The van der Waals surface area contributed by atoms with E-state index in [0.717, 1.165) is 28.9 Å². The number of cyclic esters (lactones) is 1. The molecular weight excluding hydrogens is 372 g/mol. The van der Waals surface area contributed by atoms with Gasteiger partial charge in [-0.2, -0.15) is 0 Å². The lowest BCUT2D eigenvalue weighted by Gasteiger charge is -2.18. The average Bonchev–Trinajstić information content (AvgIpc) is 3.18. The van der Waals surface area contributed by atoms with Gasteiger partial charge in [0, 0.05) is 44.5 Å². The molecule has 0 saturated carbocycles. The summed E-state index contributed by atoms with van der Waals surface area (Å²) in [5, 5.41) is 0. The average molecular weight is 400 g/mol. The third kappa shape index (κ3) is 6.25. The first-order valence-corrected chi connectivity index (χ1v) is 9.85. The number of nitrogens with two attached hydrogens (primary N) is 1. The predicted molar refractivity (Wildman–Crippen MR) is 108 cm³/mol. The Hall–Kier alpha value is -2.48. The molecule has 2 aromatic rings. The molecule has 7 heteroatoms. The number of aromatic nitrogens is 1. The van der Waals surface area contributed by atoms with Gasteiger partial charge in [0.05, 0.1) is 25.9 Å². The molecule has 29 heavy (non-hydrogen) atoms. The number of rotatable bonds is 11. The number of hydrogen-bond donors (Lipinski definition) is 1. The molecule has 2 atom stereocenters. The monoisotopic (exact) mass is 400 g/mol. The zero-order valence-corrected chi connectivity index (χ0v) is 16.7. The fourth-order valence-electron chi connectivity index (χ4n) is 3.20. The lowest BCUT2D eigenvalue weighted by atomic mass is 10.0. The lowest BCUT2D eigenvalue weighted by molar-refractivity contribution is -0.142. The van der Waals surface area contributed by atoms with Crippen LogP contribution in [0.5, 0.6) is 5.75 Å². The molecule has 1 aliphatic rings. The molecule has 0 spiro atoms. The van der Waals surface area contributed by atoms with E-state index < -0.39 is 0 Å². The molecule has 1 saturated heterocycles. The van der Waals surface area contributed by atoms with Crippen molar-refractivity contribution in [3.05, 3.63) is 48.3 Å². The number of hydrogen-bond acceptors (Lipinski definition) is 7. The van der Waals surface area contributed by atoms with E-state index in [2.05, 4.69) is 4.98 Å². The van der Waals surface area contributed by atoms with Gasteiger partial charge in [-0.3, -0.25) is 9.78 Å². The van der Waals surface area contributed by atoms with Gasteiger partial charge < -0.3 is 24.7 Å². The van der Waals surface area contributed by atoms with Gasteiger partial charge in [0.25, 0.3) is 0 Å². The van der Waals surface area contributed by atoms with E-state index in [9.17, 15) is 4.79 Å². The molecule has 2 N–H and O–H groups in total. The molecule has 1 aromatic carbocycles. The molecule has 1 fully saturated rings. The van der Waals surface area contributed by atoms with Crippen LogP contribution in [0.3, 0.4) is 0 Å². The molecule has 1 aliphatic heterocycles. The number of nitrogens with zero attached hydrogens (tertiary/aromatic N) is 1. The largest absolute Gasteiger partial charge is 0.493 e. The highest BCUT2D eigenvalue weighted by Crippen LogP contribution is 2.31. The van der Waals surface area contributed by atoms with E-state index in [-0.39, 0.29) is 18.1 Å². The van der Waals surface area contributed by atoms with Crippen molar-refractivity contribution in [2.75, 3.05) is 26.9 Å². The normalized spacial score (nSPS) is 17.2. The minimum Gasteiger partial charge on any atom is -0.493 e. The molecular formula is C22H28N2O5. The Morgan fingerprint density at radius 2 is 2.07 bits per heavy atom.